The van der Waals surface area contributed by atoms with E-state index in [9.17, 15) is 9.18 Å². The summed E-state index contributed by atoms with van der Waals surface area (Å²) >= 11 is 3.45. The van der Waals surface area contributed by atoms with Crippen molar-refractivity contribution >= 4 is 33.4 Å². The van der Waals surface area contributed by atoms with E-state index in [1.54, 1.807) is 19.2 Å². The maximum Gasteiger partial charge on any atom is 0.338 e. The first-order chi connectivity index (χ1) is 14.0. The molecule has 3 heterocycles. The van der Waals surface area contributed by atoms with E-state index in [2.05, 4.69) is 30.7 Å². The predicted molar refractivity (Wildman–Crippen MR) is 113 cm³/mol. The first-order valence-electron chi connectivity index (χ1n) is 9.60. The number of halogens is 2. The lowest BCUT2D eigenvalue weighted by atomic mass is 9.93. The van der Waals surface area contributed by atoms with Crippen molar-refractivity contribution in [2.75, 3.05) is 33.3 Å². The number of ether oxygens (including phenoxy) is 1. The molecule has 1 saturated heterocycles. The number of hydrogen-bond acceptors (Lipinski definition) is 6. The smallest absolute Gasteiger partial charge is 0.338 e. The van der Waals surface area contributed by atoms with E-state index in [0.29, 0.717) is 29.6 Å². The molecular formula is C21H22BrFN4O2. The summed E-state index contributed by atoms with van der Waals surface area (Å²) in [6, 6.07) is 3.85. The van der Waals surface area contributed by atoms with Crippen LogP contribution >= 0.6 is 15.9 Å². The summed E-state index contributed by atoms with van der Waals surface area (Å²) in [5, 5.41) is 0. The minimum absolute atomic E-state index is 0.274. The highest BCUT2D eigenvalue weighted by Gasteiger charge is 2.39. The van der Waals surface area contributed by atoms with Crippen molar-refractivity contribution < 1.29 is 13.9 Å². The number of nitrogens with zero attached hydrogens (tertiary/aromatic N) is 4. The van der Waals surface area contributed by atoms with Gasteiger partial charge < -0.3 is 9.64 Å². The Hall–Kier alpha value is -2.32. The van der Waals surface area contributed by atoms with Crippen LogP contribution in [0.2, 0.25) is 0 Å². The number of aliphatic imine (C=N–C) groups is 2. The fourth-order valence-electron chi connectivity index (χ4n) is 3.83. The topological polar surface area (TPSA) is 57.5 Å². The summed E-state index contributed by atoms with van der Waals surface area (Å²) in [6.07, 6.45) is 4.46. The Bertz CT molecular complexity index is 969. The van der Waals surface area contributed by atoms with Gasteiger partial charge in [0.15, 0.2) is 5.84 Å². The second-order valence-corrected chi connectivity index (χ2v) is 8.01. The Morgan fingerprint density at radius 3 is 2.90 bits per heavy atom. The van der Waals surface area contributed by atoms with Gasteiger partial charge in [0, 0.05) is 42.4 Å². The number of allylic oxidation sites excluding steroid dienone is 1. The van der Waals surface area contributed by atoms with Gasteiger partial charge in [-0.3, -0.25) is 14.9 Å². The van der Waals surface area contributed by atoms with Crippen LogP contribution in [0.3, 0.4) is 0 Å². The second kappa shape index (κ2) is 8.20. The van der Waals surface area contributed by atoms with Crippen LogP contribution in [0.15, 0.2) is 56.2 Å². The van der Waals surface area contributed by atoms with E-state index >= 15 is 0 Å². The molecule has 1 aromatic rings. The van der Waals surface area contributed by atoms with Crippen molar-refractivity contribution in [2.24, 2.45) is 9.98 Å². The quantitative estimate of drug-likeness (QED) is 0.645. The molecule has 1 atom stereocenters. The molecule has 3 aliphatic rings. The normalized spacial score (nSPS) is 21.8. The van der Waals surface area contributed by atoms with Crippen molar-refractivity contribution in [1.82, 2.24) is 9.80 Å². The Balaban J connectivity index is 1.89. The zero-order valence-corrected chi connectivity index (χ0v) is 17.9. The number of hydrogen-bond donors (Lipinski definition) is 0. The molecule has 0 N–H and O–H groups in total. The highest BCUT2D eigenvalue weighted by Crippen LogP contribution is 2.39. The van der Waals surface area contributed by atoms with E-state index in [-0.39, 0.29) is 12.4 Å². The summed E-state index contributed by atoms with van der Waals surface area (Å²) in [5.41, 5.74) is 2.97. The van der Waals surface area contributed by atoms with E-state index in [1.807, 2.05) is 13.1 Å². The van der Waals surface area contributed by atoms with Crippen LogP contribution in [0.4, 0.5) is 4.39 Å². The highest BCUT2D eigenvalue weighted by atomic mass is 79.9. The van der Waals surface area contributed by atoms with Gasteiger partial charge in [0.05, 0.1) is 17.9 Å². The largest absolute Gasteiger partial charge is 0.463 e. The van der Waals surface area contributed by atoms with Gasteiger partial charge in [-0.2, -0.15) is 0 Å². The zero-order valence-electron chi connectivity index (χ0n) is 16.4. The van der Waals surface area contributed by atoms with Crippen molar-refractivity contribution in [3.8, 4) is 0 Å². The third-order valence-electron chi connectivity index (χ3n) is 5.20. The number of carbonyl (C=O) groups excluding carboxylic acids is 1. The fraction of sp³-hybridized carbons (Fsp3) is 0.381. The molecule has 6 nitrogen and oxygen atoms in total. The molecule has 8 heteroatoms. The fourth-order valence-corrected chi connectivity index (χ4v) is 4.40. The SMILES string of the molecule is CCOC(=O)C1=C2CN(C)CCN2C(C2=NC=CC2)=N[C@H]1c1ccc(F)cc1Br. The average Bonchev–Trinajstić information content (AvgIpc) is 3.21. The Kier molecular flexibility index (Phi) is 5.65. The molecule has 0 saturated carbocycles. The monoisotopic (exact) mass is 460 g/mol. The van der Waals surface area contributed by atoms with Crippen molar-refractivity contribution in [2.45, 2.75) is 19.4 Å². The molecule has 0 aliphatic carbocycles. The van der Waals surface area contributed by atoms with Crippen LogP contribution in [0.5, 0.6) is 0 Å². The maximum atomic E-state index is 13.7. The minimum Gasteiger partial charge on any atom is -0.463 e. The molecule has 4 rings (SSSR count). The number of likely N-dealkylation sites (N-methyl/N-ethyl adjacent to an activating group) is 1. The van der Waals surface area contributed by atoms with Crippen LogP contribution in [0, 0.1) is 5.82 Å². The lowest BCUT2D eigenvalue weighted by Crippen LogP contribution is -2.51. The average molecular weight is 461 g/mol. The molecule has 0 spiro atoms. The van der Waals surface area contributed by atoms with Crippen molar-refractivity contribution in [3.63, 3.8) is 0 Å². The molecule has 0 unspecified atom stereocenters. The summed E-state index contributed by atoms with van der Waals surface area (Å²) in [4.78, 5) is 26.7. The van der Waals surface area contributed by atoms with E-state index < -0.39 is 12.0 Å². The number of benzene rings is 1. The predicted octanol–water partition coefficient (Wildman–Crippen LogP) is 3.46. The summed E-state index contributed by atoms with van der Waals surface area (Å²) in [6.45, 7) is 4.22. The highest BCUT2D eigenvalue weighted by molar-refractivity contribution is 9.10. The number of piperazine rings is 1. The molecule has 0 aromatic heterocycles. The Morgan fingerprint density at radius 2 is 2.21 bits per heavy atom. The first-order valence-corrected chi connectivity index (χ1v) is 10.4. The van der Waals surface area contributed by atoms with Gasteiger partial charge in [0.2, 0.25) is 0 Å². The van der Waals surface area contributed by atoms with Crippen LogP contribution < -0.4 is 0 Å². The molecule has 0 bridgehead atoms. The number of rotatable bonds is 4. The first kappa shape index (κ1) is 20.0. The standard InChI is InChI=1S/C21H22BrFN4O2/c1-3-29-21(28)18-17-12-26(2)9-10-27(17)20(16-5-4-8-24-16)25-19(18)14-7-6-13(23)11-15(14)22/h4,6-8,11,19H,3,5,9-10,12H2,1-2H3/t19-/m0/s1. The van der Waals surface area contributed by atoms with E-state index in [4.69, 9.17) is 9.73 Å². The van der Waals surface area contributed by atoms with Crippen molar-refractivity contribution in [1.29, 1.82) is 0 Å². The van der Waals surface area contributed by atoms with Gasteiger partial charge in [-0.15, -0.1) is 0 Å². The molecular weight excluding hydrogens is 439 g/mol. The summed E-state index contributed by atoms with van der Waals surface area (Å²) in [7, 11) is 2.02. The second-order valence-electron chi connectivity index (χ2n) is 7.16. The maximum absolute atomic E-state index is 13.7. The van der Waals surface area contributed by atoms with Crippen LogP contribution in [0.25, 0.3) is 0 Å². The third-order valence-corrected chi connectivity index (χ3v) is 5.89. The van der Waals surface area contributed by atoms with Gasteiger partial charge in [-0.05, 0) is 31.7 Å². The summed E-state index contributed by atoms with van der Waals surface area (Å²) in [5.74, 6) is 0.0278. The molecule has 29 heavy (non-hydrogen) atoms. The molecule has 0 radical (unpaired) electrons. The van der Waals surface area contributed by atoms with Gasteiger partial charge in [-0.1, -0.05) is 28.1 Å². The molecule has 0 amide bonds. The van der Waals surface area contributed by atoms with E-state index in [0.717, 1.165) is 29.4 Å². The molecule has 1 aromatic carbocycles. The molecule has 152 valence electrons. The third kappa shape index (κ3) is 3.79. The van der Waals surface area contributed by atoms with E-state index in [1.165, 1.54) is 12.1 Å². The Morgan fingerprint density at radius 1 is 1.38 bits per heavy atom. The minimum atomic E-state index is -0.597. The lowest BCUT2D eigenvalue weighted by molar-refractivity contribution is -0.139. The lowest BCUT2D eigenvalue weighted by Gasteiger charge is -2.42. The van der Waals surface area contributed by atoms with Crippen LogP contribution in [0.1, 0.15) is 24.9 Å². The number of esters is 1. The zero-order chi connectivity index (χ0) is 20.5. The van der Waals surface area contributed by atoms with Gasteiger partial charge in [0.1, 0.15) is 11.9 Å². The number of amidine groups is 1. The van der Waals surface area contributed by atoms with Gasteiger partial charge in [0.25, 0.3) is 0 Å². The Labute approximate surface area is 177 Å². The molecule has 3 aliphatic heterocycles. The summed E-state index contributed by atoms with van der Waals surface area (Å²) < 4.78 is 19.7. The van der Waals surface area contributed by atoms with Crippen LogP contribution in [-0.4, -0.2) is 60.6 Å². The van der Waals surface area contributed by atoms with Gasteiger partial charge in [-0.25, -0.2) is 9.18 Å². The van der Waals surface area contributed by atoms with Crippen LogP contribution in [-0.2, 0) is 9.53 Å². The van der Waals surface area contributed by atoms with Gasteiger partial charge >= 0.3 is 5.97 Å². The van der Waals surface area contributed by atoms with Crippen molar-refractivity contribution in [3.05, 3.63) is 57.6 Å². The molecule has 1 fully saturated rings. The number of carbonyl (C=O) groups is 1. The number of fused-ring (bicyclic) bond motifs is 1.